The lowest BCUT2D eigenvalue weighted by molar-refractivity contribution is 0.0920. The van der Waals surface area contributed by atoms with Crippen molar-refractivity contribution in [3.05, 3.63) is 46.8 Å². The zero-order chi connectivity index (χ0) is 17.0. The fourth-order valence-electron chi connectivity index (χ4n) is 4.37. The van der Waals surface area contributed by atoms with Crippen LogP contribution >= 0.6 is 0 Å². The van der Waals surface area contributed by atoms with Crippen LogP contribution in [-0.2, 0) is 12.8 Å². The maximum Gasteiger partial charge on any atom is 0.272 e. The highest BCUT2D eigenvalue weighted by molar-refractivity contribution is 5.94. The van der Waals surface area contributed by atoms with E-state index in [9.17, 15) is 4.79 Å². The summed E-state index contributed by atoms with van der Waals surface area (Å²) < 4.78 is 2.02. The second-order valence-corrected chi connectivity index (χ2v) is 8.00. The maximum absolute atomic E-state index is 13.0. The third kappa shape index (κ3) is 2.68. The van der Waals surface area contributed by atoms with Gasteiger partial charge in [0.25, 0.3) is 5.91 Å². The molecule has 1 heterocycles. The van der Waals surface area contributed by atoms with Crippen molar-refractivity contribution in [2.24, 2.45) is 11.8 Å². The van der Waals surface area contributed by atoms with E-state index in [2.05, 4.69) is 24.4 Å². The predicted molar refractivity (Wildman–Crippen MR) is 97.0 cm³/mol. The summed E-state index contributed by atoms with van der Waals surface area (Å²) in [5, 5.41) is 8.13. The Morgan fingerprint density at radius 1 is 1.16 bits per heavy atom. The molecular weight excluding hydrogens is 310 g/mol. The zero-order valence-corrected chi connectivity index (χ0v) is 14.8. The molecule has 5 rings (SSSR count). The normalized spacial score (nSPS) is 19.3. The Hall–Kier alpha value is -2.10. The number of hydrogen-bond acceptors (Lipinski definition) is 2. The van der Waals surface area contributed by atoms with E-state index in [-0.39, 0.29) is 5.91 Å². The molecule has 0 spiro atoms. The highest BCUT2D eigenvalue weighted by Gasteiger charge is 2.43. The maximum atomic E-state index is 13.0. The quantitative estimate of drug-likeness (QED) is 0.908. The number of aryl methyl sites for hydroxylation is 1. The number of amides is 1. The van der Waals surface area contributed by atoms with Crippen molar-refractivity contribution in [2.45, 2.75) is 57.9 Å². The van der Waals surface area contributed by atoms with Crippen LogP contribution in [0.2, 0.25) is 0 Å². The van der Waals surface area contributed by atoms with Crippen molar-refractivity contribution in [1.29, 1.82) is 0 Å². The molecule has 1 N–H and O–H groups in total. The first-order chi connectivity index (χ1) is 12.2. The number of aromatic nitrogens is 2. The minimum atomic E-state index is 0.0503. The van der Waals surface area contributed by atoms with Gasteiger partial charge in [-0.05, 0) is 75.3 Å². The van der Waals surface area contributed by atoms with Crippen LogP contribution < -0.4 is 5.32 Å². The minimum absolute atomic E-state index is 0.0503. The van der Waals surface area contributed by atoms with Crippen molar-refractivity contribution < 1.29 is 4.79 Å². The zero-order valence-electron chi connectivity index (χ0n) is 14.8. The Bertz CT molecular complexity index is 818. The van der Waals surface area contributed by atoms with Crippen LogP contribution in [0.5, 0.6) is 0 Å². The number of hydrogen-bond donors (Lipinski definition) is 1. The average molecular weight is 335 g/mol. The lowest BCUT2D eigenvalue weighted by Gasteiger charge is -2.17. The smallest absolute Gasteiger partial charge is 0.272 e. The molecular formula is C21H25N3O. The molecule has 4 heteroatoms. The fourth-order valence-corrected chi connectivity index (χ4v) is 4.37. The van der Waals surface area contributed by atoms with E-state index >= 15 is 0 Å². The van der Waals surface area contributed by atoms with Gasteiger partial charge >= 0.3 is 0 Å². The van der Waals surface area contributed by atoms with Gasteiger partial charge in [-0.1, -0.05) is 18.2 Å². The molecule has 0 saturated heterocycles. The standard InChI is InChI=1S/C21H25N3O/c1-13-5-2-3-7-17(13)24-18-8-4-6-16(18)20(23-24)21(25)22-19(14-9-10-14)15-11-12-15/h2-3,5,7,14-15,19H,4,6,8-12H2,1H3,(H,22,25). The van der Waals surface area contributed by atoms with Crippen LogP contribution in [0, 0.1) is 18.8 Å². The summed E-state index contributed by atoms with van der Waals surface area (Å²) in [5.74, 6) is 1.47. The number of para-hydroxylation sites is 1. The van der Waals surface area contributed by atoms with E-state index in [1.807, 2.05) is 16.8 Å². The molecule has 2 fully saturated rings. The van der Waals surface area contributed by atoms with Gasteiger partial charge in [0.15, 0.2) is 5.69 Å². The number of rotatable bonds is 5. The number of carbonyl (C=O) groups is 1. The third-order valence-corrected chi connectivity index (χ3v) is 6.05. The molecule has 4 nitrogen and oxygen atoms in total. The number of nitrogens with zero attached hydrogens (tertiary/aromatic N) is 2. The van der Waals surface area contributed by atoms with Crippen molar-refractivity contribution >= 4 is 5.91 Å². The van der Waals surface area contributed by atoms with Crippen LogP contribution in [0.3, 0.4) is 0 Å². The second kappa shape index (κ2) is 5.72. The van der Waals surface area contributed by atoms with Gasteiger partial charge in [-0.15, -0.1) is 0 Å². The molecule has 0 atom stereocenters. The molecule has 25 heavy (non-hydrogen) atoms. The second-order valence-electron chi connectivity index (χ2n) is 8.00. The van der Waals surface area contributed by atoms with E-state index in [1.165, 1.54) is 42.5 Å². The number of nitrogens with one attached hydrogen (secondary N) is 1. The fraction of sp³-hybridized carbons (Fsp3) is 0.524. The number of fused-ring (bicyclic) bond motifs is 1. The molecule has 0 unspecified atom stereocenters. The summed E-state index contributed by atoms with van der Waals surface area (Å²) >= 11 is 0. The average Bonchev–Trinajstić information content (AvgIpc) is 3.52. The largest absolute Gasteiger partial charge is 0.347 e. The van der Waals surface area contributed by atoms with Gasteiger partial charge in [0.1, 0.15) is 0 Å². The summed E-state index contributed by atoms with van der Waals surface area (Å²) in [6.45, 7) is 2.11. The molecule has 2 saturated carbocycles. The van der Waals surface area contributed by atoms with E-state index < -0.39 is 0 Å². The predicted octanol–water partition coefficient (Wildman–Crippen LogP) is 3.59. The van der Waals surface area contributed by atoms with Crippen LogP contribution in [0.1, 0.15) is 59.4 Å². The SMILES string of the molecule is Cc1ccccc1-n1nc(C(=O)NC(C2CC2)C2CC2)c2c1CCC2. The molecule has 130 valence electrons. The molecule has 1 aromatic carbocycles. The molecule has 1 amide bonds. The van der Waals surface area contributed by atoms with Gasteiger partial charge in [-0.25, -0.2) is 4.68 Å². The van der Waals surface area contributed by atoms with Crippen molar-refractivity contribution in [3.63, 3.8) is 0 Å². The first-order valence-corrected chi connectivity index (χ1v) is 9.70. The van der Waals surface area contributed by atoms with Crippen molar-refractivity contribution in [1.82, 2.24) is 15.1 Å². The first kappa shape index (κ1) is 15.2. The Labute approximate surface area is 148 Å². The number of benzene rings is 1. The van der Waals surface area contributed by atoms with Gasteiger partial charge < -0.3 is 5.32 Å². The Morgan fingerprint density at radius 2 is 1.88 bits per heavy atom. The Balaban J connectivity index is 1.48. The summed E-state index contributed by atoms with van der Waals surface area (Å²) in [4.78, 5) is 13.0. The lowest BCUT2D eigenvalue weighted by atomic mass is 10.1. The minimum Gasteiger partial charge on any atom is -0.347 e. The summed E-state index contributed by atoms with van der Waals surface area (Å²) in [7, 11) is 0. The monoisotopic (exact) mass is 335 g/mol. The van der Waals surface area contributed by atoms with E-state index in [1.54, 1.807) is 0 Å². The van der Waals surface area contributed by atoms with Gasteiger partial charge in [0.2, 0.25) is 0 Å². The molecule has 3 aliphatic rings. The Kier molecular flexibility index (Phi) is 3.47. The van der Waals surface area contributed by atoms with Crippen molar-refractivity contribution in [2.75, 3.05) is 0 Å². The van der Waals surface area contributed by atoms with E-state index in [0.29, 0.717) is 23.6 Å². The molecule has 1 aromatic heterocycles. The highest BCUT2D eigenvalue weighted by Crippen LogP contribution is 2.44. The van der Waals surface area contributed by atoms with E-state index in [0.717, 1.165) is 24.9 Å². The third-order valence-electron chi connectivity index (χ3n) is 6.05. The van der Waals surface area contributed by atoms with Gasteiger partial charge in [0.05, 0.1) is 5.69 Å². The molecule has 0 aliphatic heterocycles. The lowest BCUT2D eigenvalue weighted by Crippen LogP contribution is -2.38. The highest BCUT2D eigenvalue weighted by atomic mass is 16.2. The number of carbonyl (C=O) groups excluding carboxylic acids is 1. The topological polar surface area (TPSA) is 46.9 Å². The first-order valence-electron chi connectivity index (χ1n) is 9.70. The van der Waals surface area contributed by atoms with Gasteiger partial charge in [-0.3, -0.25) is 4.79 Å². The van der Waals surface area contributed by atoms with Gasteiger partial charge in [-0.2, -0.15) is 5.10 Å². The van der Waals surface area contributed by atoms with Crippen LogP contribution in [0.25, 0.3) is 5.69 Å². The van der Waals surface area contributed by atoms with Crippen LogP contribution in [0.4, 0.5) is 0 Å². The van der Waals surface area contributed by atoms with Crippen LogP contribution in [-0.4, -0.2) is 21.7 Å². The molecule has 0 radical (unpaired) electrons. The van der Waals surface area contributed by atoms with Gasteiger partial charge in [0, 0.05) is 17.3 Å². The summed E-state index contributed by atoms with van der Waals surface area (Å²) in [5.41, 5.74) is 5.36. The molecule has 0 bridgehead atoms. The van der Waals surface area contributed by atoms with E-state index in [4.69, 9.17) is 5.10 Å². The summed E-state index contributed by atoms with van der Waals surface area (Å²) in [6, 6.07) is 8.68. The molecule has 2 aromatic rings. The molecule has 3 aliphatic carbocycles. The Morgan fingerprint density at radius 3 is 2.56 bits per heavy atom. The van der Waals surface area contributed by atoms with Crippen LogP contribution in [0.15, 0.2) is 24.3 Å². The summed E-state index contributed by atoms with van der Waals surface area (Å²) in [6.07, 6.45) is 8.21. The van der Waals surface area contributed by atoms with Crippen molar-refractivity contribution in [3.8, 4) is 5.69 Å².